The van der Waals surface area contributed by atoms with E-state index in [1.54, 1.807) is 10.8 Å². The van der Waals surface area contributed by atoms with Gasteiger partial charge in [-0.15, -0.1) is 0 Å². The van der Waals surface area contributed by atoms with Crippen LogP contribution in [0, 0.1) is 5.92 Å². The molecular weight excluding hydrogens is 190 g/mol. The molecule has 1 heterocycles. The fourth-order valence-corrected chi connectivity index (χ4v) is 1.22. The maximum atomic E-state index is 10.6. The van der Waals surface area contributed by atoms with Crippen molar-refractivity contribution in [1.82, 2.24) is 0 Å². The van der Waals surface area contributed by atoms with Crippen LogP contribution in [0.3, 0.4) is 0 Å². The van der Waals surface area contributed by atoms with Crippen molar-refractivity contribution in [2.75, 3.05) is 0 Å². The van der Waals surface area contributed by atoms with Crippen molar-refractivity contribution in [2.45, 2.75) is 20.4 Å². The summed E-state index contributed by atoms with van der Waals surface area (Å²) in [7, 11) is 0. The molecule has 1 aromatic heterocycles. The molecule has 0 radical (unpaired) electrons. The van der Waals surface area contributed by atoms with Gasteiger partial charge in [-0.2, -0.15) is 4.57 Å². The highest BCUT2D eigenvalue weighted by molar-refractivity contribution is 5.65. The Bertz CT molecular complexity index is 370. The maximum absolute atomic E-state index is 10.6. The maximum Gasteiger partial charge on any atom is 0.370 e. The molecule has 0 unspecified atom stereocenters. The van der Waals surface area contributed by atoms with Crippen LogP contribution in [0.4, 0.5) is 0 Å². The number of hydrogen-bond acceptors (Lipinski definition) is 1. The summed E-state index contributed by atoms with van der Waals surface area (Å²) < 4.78 is 1.71. The largest absolute Gasteiger partial charge is 0.477 e. The highest BCUT2D eigenvalue weighted by Crippen LogP contribution is 2.00. The van der Waals surface area contributed by atoms with E-state index in [-0.39, 0.29) is 6.54 Å². The van der Waals surface area contributed by atoms with Crippen molar-refractivity contribution in [3.63, 3.8) is 0 Å². The Balaban J connectivity index is 2.91. The van der Waals surface area contributed by atoms with Gasteiger partial charge in [-0.05, 0) is 12.0 Å². The van der Waals surface area contributed by atoms with Gasteiger partial charge < -0.3 is 5.11 Å². The average Bonchev–Trinajstić information content (AvgIpc) is 2.15. The first-order valence-corrected chi connectivity index (χ1v) is 4.98. The van der Waals surface area contributed by atoms with Gasteiger partial charge in [-0.1, -0.05) is 19.9 Å². The minimum Gasteiger partial charge on any atom is -0.477 e. The topological polar surface area (TPSA) is 41.2 Å². The van der Waals surface area contributed by atoms with Gasteiger partial charge in [-0.3, -0.25) is 0 Å². The number of aromatic nitrogens is 1. The molecule has 1 rings (SSSR count). The number of rotatable bonds is 4. The van der Waals surface area contributed by atoms with Crippen LogP contribution in [0.2, 0.25) is 0 Å². The summed E-state index contributed by atoms with van der Waals surface area (Å²) in [5.41, 5.74) is 0.911. The van der Waals surface area contributed by atoms with E-state index >= 15 is 0 Å². The Morgan fingerprint density at radius 1 is 1.53 bits per heavy atom. The number of nitrogens with zero attached hydrogens (tertiary/aromatic N) is 1. The van der Waals surface area contributed by atoms with Gasteiger partial charge in [0.15, 0.2) is 6.20 Å². The third kappa shape index (κ3) is 3.94. The number of carbonyl (C=O) groups is 1. The summed E-state index contributed by atoms with van der Waals surface area (Å²) in [5, 5.41) is 8.72. The Kier molecular flexibility index (Phi) is 4.03. The fourth-order valence-electron chi connectivity index (χ4n) is 1.22. The highest BCUT2D eigenvalue weighted by Gasteiger charge is 2.10. The van der Waals surface area contributed by atoms with E-state index in [9.17, 15) is 4.79 Å². The molecule has 0 aromatic carbocycles. The molecule has 3 heteroatoms. The van der Waals surface area contributed by atoms with Crippen molar-refractivity contribution in [3.8, 4) is 0 Å². The van der Waals surface area contributed by atoms with Gasteiger partial charge in [0.25, 0.3) is 0 Å². The van der Waals surface area contributed by atoms with E-state index in [1.165, 1.54) is 0 Å². The van der Waals surface area contributed by atoms with E-state index in [0.29, 0.717) is 5.92 Å². The smallest absolute Gasteiger partial charge is 0.370 e. The molecule has 0 saturated carbocycles. The summed E-state index contributed by atoms with van der Waals surface area (Å²) in [5.74, 6) is -0.367. The highest BCUT2D eigenvalue weighted by atomic mass is 16.4. The third-order valence-electron chi connectivity index (χ3n) is 1.93. The van der Waals surface area contributed by atoms with Gasteiger partial charge in [-0.25, -0.2) is 4.79 Å². The Hall–Kier alpha value is -1.64. The van der Waals surface area contributed by atoms with Gasteiger partial charge in [0.1, 0.15) is 0 Å². The standard InChI is InChI=1S/C12H15NO2/c1-10(2)6-7-11-5-3-4-8-13(11)9-12(14)15/h3-8,10H,9H2,1-2H3/p+1/b7-6+. The molecule has 0 fully saturated rings. The van der Waals surface area contributed by atoms with Crippen LogP contribution in [-0.2, 0) is 11.3 Å². The van der Waals surface area contributed by atoms with Crippen molar-refractivity contribution in [1.29, 1.82) is 0 Å². The van der Waals surface area contributed by atoms with E-state index in [4.69, 9.17) is 5.11 Å². The molecule has 80 valence electrons. The van der Waals surface area contributed by atoms with Gasteiger partial charge in [0, 0.05) is 18.2 Å². The molecule has 0 aliphatic carbocycles. The predicted octanol–water partition coefficient (Wildman–Crippen LogP) is 1.73. The molecule has 0 saturated heterocycles. The number of hydrogen-bond donors (Lipinski definition) is 1. The zero-order chi connectivity index (χ0) is 11.3. The molecule has 0 spiro atoms. The van der Waals surface area contributed by atoms with Gasteiger partial charge in [0.2, 0.25) is 12.2 Å². The molecule has 0 amide bonds. The summed E-state index contributed by atoms with van der Waals surface area (Å²) in [6.07, 6.45) is 5.77. The van der Waals surface area contributed by atoms with Gasteiger partial charge in [0.05, 0.1) is 0 Å². The second-order valence-electron chi connectivity index (χ2n) is 3.75. The van der Waals surface area contributed by atoms with E-state index in [2.05, 4.69) is 13.8 Å². The lowest BCUT2D eigenvalue weighted by Gasteiger charge is -1.97. The van der Waals surface area contributed by atoms with Gasteiger partial charge >= 0.3 is 5.97 Å². The molecule has 1 N–H and O–H groups in total. The summed E-state index contributed by atoms with van der Waals surface area (Å²) in [6.45, 7) is 4.17. The second kappa shape index (κ2) is 5.29. The number of carboxylic acids is 1. The summed E-state index contributed by atoms with van der Waals surface area (Å²) in [4.78, 5) is 10.6. The number of carboxylic acid groups (broad SMARTS) is 1. The number of pyridine rings is 1. The SMILES string of the molecule is CC(C)/C=C/c1cccc[n+]1CC(=O)O. The van der Waals surface area contributed by atoms with Crippen LogP contribution in [-0.4, -0.2) is 11.1 Å². The zero-order valence-corrected chi connectivity index (χ0v) is 9.05. The molecule has 0 bridgehead atoms. The third-order valence-corrected chi connectivity index (χ3v) is 1.93. The predicted molar refractivity (Wildman–Crippen MR) is 58.1 cm³/mol. The quantitative estimate of drug-likeness (QED) is 0.762. The second-order valence-corrected chi connectivity index (χ2v) is 3.75. The molecule has 3 nitrogen and oxygen atoms in total. The van der Waals surface area contributed by atoms with E-state index in [1.807, 2.05) is 30.4 Å². The van der Waals surface area contributed by atoms with Crippen LogP contribution in [0.15, 0.2) is 30.5 Å². The molecular formula is C12H16NO2+. The Morgan fingerprint density at radius 3 is 2.87 bits per heavy atom. The first-order chi connectivity index (χ1) is 7.09. The number of aliphatic carboxylic acids is 1. The van der Waals surface area contributed by atoms with Crippen molar-refractivity contribution >= 4 is 12.0 Å². The molecule has 0 aliphatic heterocycles. The molecule has 0 atom stereocenters. The van der Waals surface area contributed by atoms with E-state index in [0.717, 1.165) is 5.69 Å². The van der Waals surface area contributed by atoms with Crippen LogP contribution in [0.25, 0.3) is 6.08 Å². The first-order valence-electron chi connectivity index (χ1n) is 4.98. The van der Waals surface area contributed by atoms with Crippen molar-refractivity contribution in [3.05, 3.63) is 36.2 Å². The average molecular weight is 206 g/mol. The molecule has 15 heavy (non-hydrogen) atoms. The lowest BCUT2D eigenvalue weighted by Crippen LogP contribution is -2.40. The Morgan fingerprint density at radius 2 is 2.27 bits per heavy atom. The van der Waals surface area contributed by atoms with Crippen molar-refractivity contribution < 1.29 is 14.5 Å². The minimum atomic E-state index is -0.828. The molecule has 1 aromatic rings. The monoisotopic (exact) mass is 206 g/mol. The Labute approximate surface area is 89.7 Å². The van der Waals surface area contributed by atoms with E-state index < -0.39 is 5.97 Å². The van der Waals surface area contributed by atoms with Crippen LogP contribution < -0.4 is 4.57 Å². The normalized spacial score (nSPS) is 11.1. The molecule has 0 aliphatic rings. The van der Waals surface area contributed by atoms with Crippen molar-refractivity contribution in [2.24, 2.45) is 5.92 Å². The first kappa shape index (κ1) is 11.4. The minimum absolute atomic E-state index is 0.00138. The lowest BCUT2D eigenvalue weighted by atomic mass is 10.2. The lowest BCUT2D eigenvalue weighted by molar-refractivity contribution is -0.687. The zero-order valence-electron chi connectivity index (χ0n) is 9.05. The fraction of sp³-hybridized carbons (Fsp3) is 0.333. The van der Waals surface area contributed by atoms with Crippen LogP contribution in [0.1, 0.15) is 19.5 Å². The summed E-state index contributed by atoms with van der Waals surface area (Å²) >= 11 is 0. The number of allylic oxidation sites excluding steroid dienone is 1. The van der Waals surface area contributed by atoms with Crippen LogP contribution >= 0.6 is 0 Å². The van der Waals surface area contributed by atoms with Crippen LogP contribution in [0.5, 0.6) is 0 Å². The summed E-state index contributed by atoms with van der Waals surface area (Å²) in [6, 6.07) is 5.63.